The Morgan fingerprint density at radius 2 is 0.825 bits per heavy atom. The van der Waals surface area contributed by atoms with E-state index in [4.69, 9.17) is 15.0 Å². The molecule has 1 unspecified atom stereocenters. The third kappa shape index (κ3) is 6.27. The zero-order valence-corrected chi connectivity index (χ0v) is 33.9. The normalized spacial score (nSPS) is 13.7. The minimum atomic E-state index is -0.812. The highest BCUT2D eigenvalue weighted by molar-refractivity contribution is 6.10. The number of aromatic nitrogens is 3. The molecule has 0 spiro atoms. The molecule has 1 aliphatic rings. The Kier molecular flexibility index (Phi) is 9.08. The van der Waals surface area contributed by atoms with Crippen LogP contribution in [0.25, 0.3) is 78.3 Å². The van der Waals surface area contributed by atoms with E-state index in [-0.39, 0.29) is 0 Å². The first-order chi connectivity index (χ1) is 31.1. The van der Waals surface area contributed by atoms with Gasteiger partial charge in [-0.1, -0.05) is 170 Å². The smallest absolute Gasteiger partial charge is 0.164 e. The van der Waals surface area contributed by atoms with E-state index in [0.717, 1.165) is 77.5 Å². The number of nitrogens with zero attached hydrogens (tertiary/aromatic N) is 5. The van der Waals surface area contributed by atoms with Crippen LogP contribution in [0, 0.1) is 22.7 Å². The van der Waals surface area contributed by atoms with Crippen LogP contribution in [0.5, 0.6) is 0 Å². The van der Waals surface area contributed by atoms with Gasteiger partial charge in [-0.05, 0) is 109 Å². The van der Waals surface area contributed by atoms with Gasteiger partial charge in [-0.3, -0.25) is 0 Å². The van der Waals surface area contributed by atoms with Crippen LogP contribution in [0.15, 0.2) is 212 Å². The van der Waals surface area contributed by atoms with Crippen molar-refractivity contribution in [1.29, 1.82) is 10.5 Å². The Labute approximate surface area is 365 Å². The number of nitriles is 2. The third-order valence-electron chi connectivity index (χ3n) is 12.3. The van der Waals surface area contributed by atoms with Crippen molar-refractivity contribution in [2.45, 2.75) is 5.41 Å². The second-order valence-electron chi connectivity index (χ2n) is 15.8. The molecule has 0 saturated carbocycles. The largest absolute Gasteiger partial charge is 0.208 e. The fraction of sp³-hybridized carbons (Fsp3) is 0.0172. The molecular weight excluding hydrogens is 767 g/mol. The van der Waals surface area contributed by atoms with Crippen LogP contribution in [-0.2, 0) is 5.41 Å². The number of fused-ring (bicyclic) bond motifs is 5. The predicted octanol–water partition coefficient (Wildman–Crippen LogP) is 13.5. The van der Waals surface area contributed by atoms with Gasteiger partial charge in [-0.2, -0.15) is 10.5 Å². The molecule has 63 heavy (non-hydrogen) atoms. The van der Waals surface area contributed by atoms with E-state index in [1.54, 1.807) is 0 Å². The summed E-state index contributed by atoms with van der Waals surface area (Å²) in [4.78, 5) is 15.3. The number of rotatable bonds is 7. The molecule has 9 aromatic carbocycles. The summed E-state index contributed by atoms with van der Waals surface area (Å²) in [5, 5.41) is 21.6. The summed E-state index contributed by atoms with van der Waals surface area (Å²) >= 11 is 0. The molecule has 0 radical (unpaired) electrons. The van der Waals surface area contributed by atoms with Crippen LogP contribution in [-0.4, -0.2) is 15.0 Å². The van der Waals surface area contributed by atoms with Crippen molar-refractivity contribution in [3.05, 3.63) is 246 Å². The highest BCUT2D eigenvalue weighted by Crippen LogP contribution is 2.60. The lowest BCUT2D eigenvalue weighted by Gasteiger charge is -2.35. The molecule has 0 aliphatic heterocycles. The van der Waals surface area contributed by atoms with Gasteiger partial charge in [0.25, 0.3) is 0 Å². The Balaban J connectivity index is 1.23. The molecule has 0 bridgehead atoms. The molecule has 0 amide bonds. The average Bonchev–Trinajstić information content (AvgIpc) is 3.67. The lowest BCUT2D eigenvalue weighted by Crippen LogP contribution is -2.28. The number of benzene rings is 9. The van der Waals surface area contributed by atoms with Crippen LogP contribution in [0.2, 0.25) is 0 Å². The van der Waals surface area contributed by atoms with Gasteiger partial charge in [0.1, 0.15) is 0 Å². The molecule has 11 rings (SSSR count). The molecule has 5 nitrogen and oxygen atoms in total. The first-order valence-corrected chi connectivity index (χ1v) is 20.9. The van der Waals surface area contributed by atoms with Gasteiger partial charge >= 0.3 is 0 Å². The second-order valence-corrected chi connectivity index (χ2v) is 15.8. The average molecular weight is 802 g/mol. The molecule has 1 heterocycles. The minimum Gasteiger partial charge on any atom is -0.208 e. The fourth-order valence-corrected chi connectivity index (χ4v) is 9.36. The molecule has 0 saturated heterocycles. The molecular formula is C58H35N5. The Hall–Kier alpha value is -8.77. The van der Waals surface area contributed by atoms with Crippen molar-refractivity contribution >= 4 is 10.8 Å². The van der Waals surface area contributed by atoms with E-state index < -0.39 is 5.41 Å². The first kappa shape index (κ1) is 37.2. The van der Waals surface area contributed by atoms with Crippen molar-refractivity contribution in [3.8, 4) is 79.7 Å². The van der Waals surface area contributed by atoms with E-state index in [1.807, 2.05) is 97.1 Å². The van der Waals surface area contributed by atoms with Crippen molar-refractivity contribution in [1.82, 2.24) is 15.0 Å². The second kappa shape index (κ2) is 15.4. The maximum atomic E-state index is 9.72. The van der Waals surface area contributed by atoms with Gasteiger partial charge < -0.3 is 0 Å². The van der Waals surface area contributed by atoms with Crippen LogP contribution in [0.4, 0.5) is 0 Å². The Bertz CT molecular complexity index is 3380. The van der Waals surface area contributed by atoms with E-state index in [0.29, 0.717) is 28.6 Å². The molecule has 0 N–H and O–H groups in total. The molecule has 0 fully saturated rings. The summed E-state index contributed by atoms with van der Waals surface area (Å²) in [5.74, 6) is 1.78. The molecule has 292 valence electrons. The Morgan fingerprint density at radius 1 is 0.333 bits per heavy atom. The molecule has 5 heteroatoms. The van der Waals surface area contributed by atoms with Crippen LogP contribution >= 0.6 is 0 Å². The zero-order chi connectivity index (χ0) is 42.3. The van der Waals surface area contributed by atoms with Crippen molar-refractivity contribution in [2.24, 2.45) is 0 Å². The standard InChI is InChI=1S/C58H35N5/c59-36-38-23-27-40(28-24-38)44-31-32-50-52(34-44)58(46-18-8-3-9-19-46,53-35-51(41-29-25-39(37-60)26-30-41)48-21-10-11-22-49(48)54(50)53)47-20-12-17-45(33-47)57-62-55(42-13-4-1-5-14-42)61-56(63-57)43-15-6-2-7-16-43/h1-35H. The predicted molar refractivity (Wildman–Crippen MR) is 251 cm³/mol. The van der Waals surface area contributed by atoms with E-state index >= 15 is 0 Å². The molecule has 10 aromatic rings. The summed E-state index contributed by atoms with van der Waals surface area (Å²) in [6.45, 7) is 0. The summed E-state index contributed by atoms with van der Waals surface area (Å²) in [6, 6.07) is 77.7. The van der Waals surface area contributed by atoms with Gasteiger partial charge in [0.05, 0.1) is 28.7 Å². The first-order valence-electron chi connectivity index (χ1n) is 20.9. The van der Waals surface area contributed by atoms with E-state index in [1.165, 1.54) is 5.56 Å². The van der Waals surface area contributed by atoms with Crippen LogP contribution in [0.3, 0.4) is 0 Å². The fourth-order valence-electron chi connectivity index (χ4n) is 9.36. The van der Waals surface area contributed by atoms with E-state index in [2.05, 4.69) is 127 Å². The summed E-state index contributed by atoms with van der Waals surface area (Å²) in [7, 11) is 0. The monoisotopic (exact) mass is 801 g/mol. The lowest BCUT2D eigenvalue weighted by atomic mass is 9.66. The maximum Gasteiger partial charge on any atom is 0.164 e. The van der Waals surface area contributed by atoms with Crippen molar-refractivity contribution in [3.63, 3.8) is 0 Å². The van der Waals surface area contributed by atoms with Crippen molar-refractivity contribution in [2.75, 3.05) is 0 Å². The maximum absolute atomic E-state index is 9.72. The van der Waals surface area contributed by atoms with Gasteiger partial charge in [0.2, 0.25) is 0 Å². The summed E-state index contributed by atoms with van der Waals surface area (Å²) in [5.41, 5.74) is 14.1. The SMILES string of the molecule is N#Cc1ccc(-c2ccc3c(c2)C(c2ccccc2)(c2cccc(-c4nc(-c5ccccc5)nc(-c5ccccc5)n4)c2)c2cc(-c4ccc(C#N)cc4)c4ccccc4c2-3)cc1. The number of hydrogen-bond donors (Lipinski definition) is 0. The van der Waals surface area contributed by atoms with Gasteiger partial charge in [0.15, 0.2) is 17.5 Å². The highest BCUT2D eigenvalue weighted by atomic mass is 15.0. The lowest BCUT2D eigenvalue weighted by molar-refractivity contribution is 0.769. The zero-order valence-electron chi connectivity index (χ0n) is 33.9. The summed E-state index contributed by atoms with van der Waals surface area (Å²) < 4.78 is 0. The number of hydrogen-bond acceptors (Lipinski definition) is 5. The van der Waals surface area contributed by atoms with Crippen molar-refractivity contribution < 1.29 is 0 Å². The van der Waals surface area contributed by atoms with Crippen LogP contribution < -0.4 is 0 Å². The molecule has 1 atom stereocenters. The summed E-state index contributed by atoms with van der Waals surface area (Å²) in [6.07, 6.45) is 0. The quantitative estimate of drug-likeness (QED) is 0.160. The molecule has 1 aliphatic carbocycles. The Morgan fingerprint density at radius 3 is 1.43 bits per heavy atom. The third-order valence-corrected chi connectivity index (χ3v) is 12.3. The van der Waals surface area contributed by atoms with Gasteiger partial charge in [0, 0.05) is 16.7 Å². The molecule has 1 aromatic heterocycles. The van der Waals surface area contributed by atoms with Gasteiger partial charge in [-0.15, -0.1) is 0 Å². The van der Waals surface area contributed by atoms with E-state index in [9.17, 15) is 10.5 Å². The minimum absolute atomic E-state index is 0.578. The van der Waals surface area contributed by atoms with Gasteiger partial charge in [-0.25, -0.2) is 15.0 Å². The topological polar surface area (TPSA) is 86.2 Å². The van der Waals surface area contributed by atoms with Crippen LogP contribution in [0.1, 0.15) is 33.4 Å². The highest BCUT2D eigenvalue weighted by Gasteiger charge is 2.47.